The van der Waals surface area contributed by atoms with E-state index in [4.69, 9.17) is 9.47 Å². The number of anilines is 1. The monoisotopic (exact) mass is 575 g/mol. The van der Waals surface area contributed by atoms with Crippen LogP contribution < -0.4 is 14.4 Å². The number of hydrogen-bond acceptors (Lipinski definition) is 7. The number of piperazine rings is 1. The van der Waals surface area contributed by atoms with Crippen molar-refractivity contribution in [2.75, 3.05) is 51.3 Å². The van der Waals surface area contributed by atoms with Crippen LogP contribution in [0.3, 0.4) is 0 Å². The SMILES string of the molecule is CN1CCN(CCCCCOc2ccc(N3C(=O)S/C(=C\c4ccc(Oc5ccc(F)cc5)cc4)C3=O)cc2)CC1. The molecule has 214 valence electrons. The number of hydrogen-bond donors (Lipinski definition) is 0. The van der Waals surface area contributed by atoms with Crippen LogP contribution in [0.4, 0.5) is 14.9 Å². The molecule has 3 aromatic carbocycles. The molecule has 0 atom stereocenters. The molecule has 0 aliphatic carbocycles. The number of benzene rings is 3. The molecule has 0 N–H and O–H groups in total. The minimum absolute atomic E-state index is 0.330. The molecule has 2 heterocycles. The smallest absolute Gasteiger partial charge is 0.298 e. The predicted molar refractivity (Wildman–Crippen MR) is 161 cm³/mol. The summed E-state index contributed by atoms with van der Waals surface area (Å²) in [6.45, 7) is 6.38. The van der Waals surface area contributed by atoms with Gasteiger partial charge < -0.3 is 19.3 Å². The molecule has 2 aliphatic rings. The molecule has 2 fully saturated rings. The second-order valence-corrected chi connectivity index (χ2v) is 11.2. The summed E-state index contributed by atoms with van der Waals surface area (Å²) in [5, 5.41) is -0.341. The van der Waals surface area contributed by atoms with Crippen LogP contribution >= 0.6 is 11.8 Å². The number of nitrogens with zero attached hydrogens (tertiary/aromatic N) is 3. The highest BCUT2D eigenvalue weighted by Crippen LogP contribution is 2.36. The molecular weight excluding hydrogens is 541 g/mol. The van der Waals surface area contributed by atoms with E-state index in [0.717, 1.165) is 68.6 Å². The van der Waals surface area contributed by atoms with Gasteiger partial charge in [-0.05, 0) is 117 Å². The molecule has 0 aromatic heterocycles. The molecule has 9 heteroatoms. The van der Waals surface area contributed by atoms with E-state index in [1.807, 2.05) is 0 Å². The Kier molecular flexibility index (Phi) is 9.71. The van der Waals surface area contributed by atoms with Crippen LogP contribution in [-0.2, 0) is 4.79 Å². The molecular formula is C32H34FN3O4S. The van der Waals surface area contributed by atoms with E-state index in [9.17, 15) is 14.0 Å². The quantitative estimate of drug-likeness (QED) is 0.187. The summed E-state index contributed by atoms with van der Waals surface area (Å²) >= 11 is 0.910. The Labute approximate surface area is 244 Å². The number of rotatable bonds is 11. The number of unbranched alkanes of at least 4 members (excludes halogenated alkanes) is 2. The number of carbonyl (C=O) groups is 2. The van der Waals surface area contributed by atoms with Crippen LogP contribution in [0.5, 0.6) is 17.2 Å². The second-order valence-electron chi connectivity index (χ2n) is 10.2. The normalized spacial score (nSPS) is 17.4. The number of carbonyl (C=O) groups excluding carboxylic acids is 2. The summed E-state index contributed by atoms with van der Waals surface area (Å²) in [4.78, 5) is 32.2. The molecule has 0 bridgehead atoms. The fraction of sp³-hybridized carbons (Fsp3) is 0.312. The molecule has 41 heavy (non-hydrogen) atoms. The largest absolute Gasteiger partial charge is 0.494 e. The number of imide groups is 1. The van der Waals surface area contributed by atoms with E-state index in [1.54, 1.807) is 66.7 Å². The summed E-state index contributed by atoms with van der Waals surface area (Å²) in [5.74, 6) is 1.13. The third kappa shape index (κ3) is 7.97. The van der Waals surface area contributed by atoms with Crippen molar-refractivity contribution < 1.29 is 23.5 Å². The van der Waals surface area contributed by atoms with E-state index in [2.05, 4.69) is 16.8 Å². The van der Waals surface area contributed by atoms with Gasteiger partial charge in [0.05, 0.1) is 17.2 Å². The van der Waals surface area contributed by atoms with E-state index >= 15 is 0 Å². The van der Waals surface area contributed by atoms with Gasteiger partial charge in [0.15, 0.2) is 0 Å². The van der Waals surface area contributed by atoms with Crippen molar-refractivity contribution in [3.05, 3.63) is 89.1 Å². The lowest BCUT2D eigenvalue weighted by molar-refractivity contribution is -0.113. The van der Waals surface area contributed by atoms with Crippen LogP contribution in [0.2, 0.25) is 0 Å². The van der Waals surface area contributed by atoms with Crippen molar-refractivity contribution in [2.24, 2.45) is 0 Å². The molecule has 0 unspecified atom stereocenters. The van der Waals surface area contributed by atoms with Crippen LogP contribution in [0, 0.1) is 5.82 Å². The lowest BCUT2D eigenvalue weighted by Gasteiger charge is -2.32. The van der Waals surface area contributed by atoms with Crippen molar-refractivity contribution >= 4 is 34.7 Å². The van der Waals surface area contributed by atoms with Crippen molar-refractivity contribution in [3.8, 4) is 17.2 Å². The first-order valence-corrected chi connectivity index (χ1v) is 14.7. The highest BCUT2D eigenvalue weighted by atomic mass is 32.2. The van der Waals surface area contributed by atoms with Crippen molar-refractivity contribution in [2.45, 2.75) is 19.3 Å². The van der Waals surface area contributed by atoms with Gasteiger partial charge >= 0.3 is 0 Å². The Bertz CT molecular complexity index is 1360. The fourth-order valence-corrected chi connectivity index (χ4v) is 5.52. The van der Waals surface area contributed by atoms with Crippen molar-refractivity contribution in [1.29, 1.82) is 0 Å². The second kappa shape index (κ2) is 13.8. The third-order valence-electron chi connectivity index (χ3n) is 7.10. The highest BCUT2D eigenvalue weighted by molar-refractivity contribution is 8.19. The number of thioether (sulfide) groups is 1. The topological polar surface area (TPSA) is 62.3 Å². The third-order valence-corrected chi connectivity index (χ3v) is 7.97. The Morgan fingerprint density at radius 3 is 2.12 bits per heavy atom. The minimum atomic E-state index is -0.361. The Morgan fingerprint density at radius 2 is 1.44 bits per heavy atom. The summed E-state index contributed by atoms with van der Waals surface area (Å²) in [6.07, 6.45) is 4.97. The van der Waals surface area contributed by atoms with E-state index < -0.39 is 0 Å². The lowest BCUT2D eigenvalue weighted by Crippen LogP contribution is -2.44. The maximum atomic E-state index is 13.1. The molecule has 7 nitrogen and oxygen atoms in total. The molecule has 0 radical (unpaired) electrons. The number of halogens is 1. The molecule has 2 aliphatic heterocycles. The average Bonchev–Trinajstić information content (AvgIpc) is 3.26. The molecule has 0 saturated carbocycles. The van der Waals surface area contributed by atoms with E-state index in [-0.39, 0.29) is 17.0 Å². The van der Waals surface area contributed by atoms with Gasteiger partial charge in [0.1, 0.15) is 23.1 Å². The maximum absolute atomic E-state index is 13.1. The van der Waals surface area contributed by atoms with Crippen LogP contribution in [-0.4, -0.2) is 67.3 Å². The molecule has 2 amide bonds. The van der Waals surface area contributed by atoms with Gasteiger partial charge in [-0.1, -0.05) is 12.1 Å². The van der Waals surface area contributed by atoms with E-state index in [1.165, 1.54) is 23.5 Å². The Balaban J connectivity index is 1.09. The van der Waals surface area contributed by atoms with Gasteiger partial charge in [0.2, 0.25) is 0 Å². The standard InChI is InChI=1S/C32H34FN3O4S/c1-34-18-20-35(21-19-34)17-3-2-4-22-39-27-15-9-26(10-16-27)36-31(37)30(41-32(36)38)23-24-5-11-28(12-6-24)40-29-13-7-25(33)8-14-29/h5-16,23H,2-4,17-22H2,1H3/b30-23-. The highest BCUT2D eigenvalue weighted by Gasteiger charge is 2.36. The molecule has 0 spiro atoms. The average molecular weight is 576 g/mol. The zero-order valence-corrected chi connectivity index (χ0v) is 23.9. The minimum Gasteiger partial charge on any atom is -0.494 e. The van der Waals surface area contributed by atoms with Crippen LogP contribution in [0.15, 0.2) is 77.7 Å². The van der Waals surface area contributed by atoms with Gasteiger partial charge in [-0.15, -0.1) is 0 Å². The summed E-state index contributed by atoms with van der Waals surface area (Å²) in [5.41, 5.74) is 1.27. The first-order valence-electron chi connectivity index (χ1n) is 13.9. The van der Waals surface area contributed by atoms with E-state index in [0.29, 0.717) is 28.7 Å². The maximum Gasteiger partial charge on any atom is 0.298 e. The first kappa shape index (κ1) is 28.9. The zero-order valence-electron chi connectivity index (χ0n) is 23.1. The Hall–Kier alpha value is -3.66. The van der Waals surface area contributed by atoms with Crippen LogP contribution in [0.1, 0.15) is 24.8 Å². The summed E-state index contributed by atoms with van der Waals surface area (Å²) < 4.78 is 24.7. The lowest BCUT2D eigenvalue weighted by atomic mass is 10.2. The first-order chi connectivity index (χ1) is 19.9. The summed E-state index contributed by atoms with van der Waals surface area (Å²) in [6, 6.07) is 19.9. The van der Waals surface area contributed by atoms with Gasteiger partial charge in [-0.25, -0.2) is 9.29 Å². The van der Waals surface area contributed by atoms with Crippen molar-refractivity contribution in [3.63, 3.8) is 0 Å². The van der Waals surface area contributed by atoms with Gasteiger partial charge in [-0.2, -0.15) is 0 Å². The van der Waals surface area contributed by atoms with Crippen LogP contribution in [0.25, 0.3) is 6.08 Å². The van der Waals surface area contributed by atoms with Gasteiger partial charge in [-0.3, -0.25) is 9.59 Å². The molecule has 5 rings (SSSR count). The predicted octanol–water partition coefficient (Wildman–Crippen LogP) is 6.66. The summed E-state index contributed by atoms with van der Waals surface area (Å²) in [7, 11) is 2.17. The van der Waals surface area contributed by atoms with Gasteiger partial charge in [0, 0.05) is 26.2 Å². The molecule has 3 aromatic rings. The molecule has 2 saturated heterocycles. The number of likely N-dealkylation sites (N-methyl/N-ethyl adjacent to an activating group) is 1. The number of ether oxygens (including phenoxy) is 2. The number of amides is 2. The Morgan fingerprint density at radius 1 is 0.805 bits per heavy atom. The van der Waals surface area contributed by atoms with Crippen molar-refractivity contribution in [1.82, 2.24) is 9.80 Å². The van der Waals surface area contributed by atoms with Gasteiger partial charge in [0.25, 0.3) is 11.1 Å². The zero-order chi connectivity index (χ0) is 28.6. The fourth-order valence-electron chi connectivity index (χ4n) is 4.68.